The maximum atomic E-state index is 6.09. The van der Waals surface area contributed by atoms with Crippen LogP contribution in [0.5, 0.6) is 0 Å². The Balaban J connectivity index is 1.47. The van der Waals surface area contributed by atoms with Crippen LogP contribution in [0.1, 0.15) is 89.9 Å². The van der Waals surface area contributed by atoms with Gasteiger partial charge in [0.05, 0.1) is 23.1 Å². The molecule has 7 rings (SSSR count). The molecule has 0 aliphatic carbocycles. The standard InChI is InChI=1S/C47H45N3O/c1-32-29-38(43(34-19-10-6-11-20-34)35-21-12-7-13-22-35)45(39(30-32)44(36-23-14-8-15-24-36)37-25-16-9-17-26-37)48-33(2)40-27-18-28-41(49-40)46-50-42(31-51-46)47(3,4)5/h6-30,42-44H,31H2,1-5H3/t42-/m1/s1. The summed E-state index contributed by atoms with van der Waals surface area (Å²) in [6.07, 6.45) is 0. The normalized spacial score (nSPS) is 14.8. The van der Waals surface area contributed by atoms with Crippen molar-refractivity contribution < 1.29 is 4.74 Å². The van der Waals surface area contributed by atoms with Gasteiger partial charge in [0.15, 0.2) is 0 Å². The molecule has 0 saturated heterocycles. The Labute approximate surface area is 302 Å². The van der Waals surface area contributed by atoms with Crippen LogP contribution in [0.3, 0.4) is 0 Å². The third kappa shape index (κ3) is 7.46. The average molecular weight is 668 g/mol. The fourth-order valence-corrected chi connectivity index (χ4v) is 7.03. The van der Waals surface area contributed by atoms with E-state index in [1.165, 1.54) is 27.8 Å². The van der Waals surface area contributed by atoms with Gasteiger partial charge in [-0.1, -0.05) is 166 Å². The molecular formula is C47H45N3O. The molecule has 1 aromatic heterocycles. The minimum Gasteiger partial charge on any atom is -0.474 e. The number of benzene rings is 5. The quantitative estimate of drug-likeness (QED) is 0.114. The Hall–Kier alpha value is -5.61. The van der Waals surface area contributed by atoms with E-state index in [2.05, 4.69) is 168 Å². The number of hydrogen-bond acceptors (Lipinski definition) is 4. The first-order valence-electron chi connectivity index (χ1n) is 17.8. The van der Waals surface area contributed by atoms with E-state index < -0.39 is 0 Å². The maximum absolute atomic E-state index is 6.09. The minimum atomic E-state index is -0.0420. The molecule has 1 aliphatic rings. The number of aliphatic imine (C=N–C) groups is 2. The van der Waals surface area contributed by atoms with Gasteiger partial charge in [0, 0.05) is 11.8 Å². The number of rotatable bonds is 9. The number of ether oxygens (including phenoxy) is 1. The van der Waals surface area contributed by atoms with Gasteiger partial charge in [-0.05, 0) is 64.8 Å². The lowest BCUT2D eigenvalue weighted by Gasteiger charge is -2.27. The summed E-state index contributed by atoms with van der Waals surface area (Å²) in [5.74, 6) is 0.516. The highest BCUT2D eigenvalue weighted by Gasteiger charge is 2.31. The lowest BCUT2D eigenvalue weighted by molar-refractivity contribution is 0.235. The lowest BCUT2D eigenvalue weighted by Crippen LogP contribution is -2.25. The van der Waals surface area contributed by atoms with Crippen molar-refractivity contribution in [1.29, 1.82) is 0 Å². The molecule has 51 heavy (non-hydrogen) atoms. The van der Waals surface area contributed by atoms with Crippen LogP contribution in [-0.2, 0) is 4.74 Å². The molecule has 6 aromatic rings. The topological polar surface area (TPSA) is 46.8 Å². The first-order valence-corrected chi connectivity index (χ1v) is 17.8. The zero-order valence-corrected chi connectivity index (χ0v) is 30.1. The summed E-state index contributed by atoms with van der Waals surface area (Å²) in [4.78, 5) is 15.6. The molecule has 0 radical (unpaired) electrons. The van der Waals surface area contributed by atoms with Gasteiger partial charge in [0.1, 0.15) is 12.3 Å². The number of aryl methyl sites for hydroxylation is 1. The highest BCUT2D eigenvalue weighted by atomic mass is 16.5. The number of aromatic nitrogens is 1. The molecule has 0 amide bonds. The van der Waals surface area contributed by atoms with Crippen LogP contribution >= 0.6 is 0 Å². The molecule has 0 saturated carbocycles. The largest absolute Gasteiger partial charge is 0.474 e. The van der Waals surface area contributed by atoms with Gasteiger partial charge in [-0.3, -0.25) is 4.99 Å². The van der Waals surface area contributed by atoms with E-state index in [4.69, 9.17) is 19.7 Å². The zero-order chi connectivity index (χ0) is 35.4. The molecular weight excluding hydrogens is 623 g/mol. The Morgan fingerprint density at radius 1 is 0.647 bits per heavy atom. The Morgan fingerprint density at radius 2 is 1.10 bits per heavy atom. The summed E-state index contributed by atoms with van der Waals surface area (Å²) in [7, 11) is 0. The second-order valence-electron chi connectivity index (χ2n) is 14.5. The fourth-order valence-electron chi connectivity index (χ4n) is 7.03. The van der Waals surface area contributed by atoms with E-state index in [0.29, 0.717) is 12.5 Å². The predicted molar refractivity (Wildman–Crippen MR) is 211 cm³/mol. The van der Waals surface area contributed by atoms with Gasteiger partial charge in [0.2, 0.25) is 5.90 Å². The Morgan fingerprint density at radius 3 is 1.51 bits per heavy atom. The van der Waals surface area contributed by atoms with Crippen molar-refractivity contribution in [2.45, 2.75) is 52.5 Å². The predicted octanol–water partition coefficient (Wildman–Crippen LogP) is 11.1. The molecule has 0 N–H and O–H groups in total. The number of nitrogens with zero attached hydrogens (tertiary/aromatic N) is 3. The molecule has 4 heteroatoms. The van der Waals surface area contributed by atoms with E-state index in [1.807, 2.05) is 18.2 Å². The molecule has 0 fully saturated rings. The third-order valence-corrected chi connectivity index (χ3v) is 9.74. The second kappa shape index (κ2) is 14.7. The molecule has 4 nitrogen and oxygen atoms in total. The van der Waals surface area contributed by atoms with Crippen molar-refractivity contribution in [3.63, 3.8) is 0 Å². The molecule has 0 unspecified atom stereocenters. The maximum Gasteiger partial charge on any atom is 0.235 e. The summed E-state index contributed by atoms with van der Waals surface area (Å²) < 4.78 is 6.09. The van der Waals surface area contributed by atoms with Crippen LogP contribution < -0.4 is 0 Å². The fraction of sp³-hybridized carbons (Fsp3) is 0.213. The van der Waals surface area contributed by atoms with Crippen LogP contribution in [0.25, 0.3) is 0 Å². The Bertz CT molecular complexity index is 1970. The summed E-state index contributed by atoms with van der Waals surface area (Å²) in [5, 5.41) is 0. The van der Waals surface area contributed by atoms with E-state index in [0.717, 1.165) is 33.9 Å². The van der Waals surface area contributed by atoms with Crippen molar-refractivity contribution in [3.8, 4) is 0 Å². The van der Waals surface area contributed by atoms with Crippen molar-refractivity contribution in [1.82, 2.24) is 4.98 Å². The number of hydrogen-bond donors (Lipinski definition) is 0. The minimum absolute atomic E-state index is 0.0110. The zero-order valence-electron chi connectivity index (χ0n) is 30.1. The van der Waals surface area contributed by atoms with Crippen LogP contribution in [0.4, 0.5) is 5.69 Å². The van der Waals surface area contributed by atoms with Gasteiger partial charge in [0.25, 0.3) is 0 Å². The van der Waals surface area contributed by atoms with Gasteiger partial charge in [-0.2, -0.15) is 0 Å². The molecule has 1 aliphatic heterocycles. The van der Waals surface area contributed by atoms with Gasteiger partial charge < -0.3 is 4.74 Å². The molecule has 2 heterocycles. The van der Waals surface area contributed by atoms with Crippen LogP contribution in [0.15, 0.2) is 162 Å². The summed E-state index contributed by atoms with van der Waals surface area (Å²) in [5.41, 5.74) is 11.7. The van der Waals surface area contributed by atoms with Crippen molar-refractivity contribution in [2.75, 3.05) is 6.61 Å². The Kier molecular flexibility index (Phi) is 9.76. The average Bonchev–Trinajstić information content (AvgIpc) is 3.67. The van der Waals surface area contributed by atoms with Crippen molar-refractivity contribution in [3.05, 3.63) is 202 Å². The number of pyridine rings is 1. The third-order valence-electron chi connectivity index (χ3n) is 9.74. The molecule has 0 bridgehead atoms. The van der Waals surface area contributed by atoms with E-state index >= 15 is 0 Å². The molecule has 5 aromatic carbocycles. The van der Waals surface area contributed by atoms with Crippen LogP contribution in [0.2, 0.25) is 0 Å². The lowest BCUT2D eigenvalue weighted by atomic mass is 9.78. The highest BCUT2D eigenvalue weighted by Crippen LogP contribution is 2.45. The first-order chi connectivity index (χ1) is 24.8. The van der Waals surface area contributed by atoms with E-state index in [1.54, 1.807) is 0 Å². The van der Waals surface area contributed by atoms with Crippen molar-refractivity contribution in [2.24, 2.45) is 15.4 Å². The summed E-state index contributed by atoms with van der Waals surface area (Å²) in [6.45, 7) is 11.4. The molecule has 1 atom stereocenters. The van der Waals surface area contributed by atoms with Crippen molar-refractivity contribution >= 4 is 17.3 Å². The van der Waals surface area contributed by atoms with E-state index in [9.17, 15) is 0 Å². The summed E-state index contributed by atoms with van der Waals surface area (Å²) >= 11 is 0. The summed E-state index contributed by atoms with van der Waals surface area (Å²) in [6, 6.07) is 53.9. The van der Waals surface area contributed by atoms with Crippen LogP contribution in [-0.4, -0.2) is 29.2 Å². The SMILES string of the molecule is CC(=Nc1c(C(c2ccccc2)c2ccccc2)cc(C)cc1C(c1ccccc1)c1ccccc1)c1cccc(C2=N[C@@H](C(C)(C)C)CO2)n1. The second-order valence-corrected chi connectivity index (χ2v) is 14.5. The monoisotopic (exact) mass is 667 g/mol. The van der Waals surface area contributed by atoms with Crippen LogP contribution in [0, 0.1) is 12.3 Å². The smallest absolute Gasteiger partial charge is 0.235 e. The van der Waals surface area contributed by atoms with E-state index in [-0.39, 0.29) is 23.3 Å². The van der Waals surface area contributed by atoms with Gasteiger partial charge in [-0.15, -0.1) is 0 Å². The van der Waals surface area contributed by atoms with Gasteiger partial charge in [-0.25, -0.2) is 9.98 Å². The first kappa shape index (κ1) is 33.9. The highest BCUT2D eigenvalue weighted by molar-refractivity contribution is 6.01. The molecule has 254 valence electrons. The van der Waals surface area contributed by atoms with Gasteiger partial charge >= 0.3 is 0 Å². The molecule has 0 spiro atoms.